The largest absolute Gasteiger partial charge is 0.371 e. The Bertz CT molecular complexity index is 1420. The molecule has 1 radical (unpaired) electrons. The molecule has 9 nitrogen and oxygen atoms in total. The minimum absolute atomic E-state index is 0.0119. The van der Waals surface area contributed by atoms with E-state index in [1.54, 1.807) is 24.3 Å². The summed E-state index contributed by atoms with van der Waals surface area (Å²) in [7, 11) is -8.32. The van der Waals surface area contributed by atoms with Crippen molar-refractivity contribution in [2.45, 2.75) is 50.7 Å². The zero-order chi connectivity index (χ0) is 28.6. The highest BCUT2D eigenvalue weighted by Gasteiger charge is 2.60. The fourth-order valence-electron chi connectivity index (χ4n) is 4.48. The van der Waals surface area contributed by atoms with Crippen molar-refractivity contribution in [3.63, 3.8) is 0 Å². The smallest absolute Gasteiger partial charge is 0.267 e. The van der Waals surface area contributed by atoms with Crippen LogP contribution in [-0.4, -0.2) is 47.3 Å². The number of ether oxygens (including phenoxy) is 3. The Morgan fingerprint density at radius 3 is 1.62 bits per heavy atom. The predicted octanol–water partition coefficient (Wildman–Crippen LogP) is 4.35. The van der Waals surface area contributed by atoms with Gasteiger partial charge in [0, 0.05) is 0 Å². The van der Waals surface area contributed by atoms with Gasteiger partial charge in [-0.25, -0.2) is 4.18 Å². The van der Waals surface area contributed by atoms with Crippen LogP contribution in [0.15, 0.2) is 91.0 Å². The molecule has 0 aromatic heterocycles. The Morgan fingerprint density at radius 1 is 0.675 bits per heavy atom. The molecule has 0 spiro atoms. The van der Waals surface area contributed by atoms with Crippen LogP contribution >= 0.6 is 0 Å². The maximum Gasteiger partial charge on any atom is 0.267 e. The summed E-state index contributed by atoms with van der Waals surface area (Å²) < 4.78 is 79.9. The molecule has 0 aliphatic heterocycles. The fourth-order valence-corrected chi connectivity index (χ4v) is 5.73. The van der Waals surface area contributed by atoms with Gasteiger partial charge in [-0.1, -0.05) is 91.0 Å². The Hall–Kier alpha value is -2.64. The summed E-state index contributed by atoms with van der Waals surface area (Å²) in [5.74, 6) is -2.26. The third-order valence-electron chi connectivity index (χ3n) is 6.16. The van der Waals surface area contributed by atoms with Crippen LogP contribution in [0.1, 0.15) is 29.5 Å². The fraction of sp³-hybridized carbons (Fsp3) is 0.345. The zero-order valence-corrected chi connectivity index (χ0v) is 24.0. The average Bonchev–Trinajstić information content (AvgIpc) is 2.92. The standard InChI is InChI=1S/C29H33O9S2/c1-39(30,31)37-27-19-18-26(34-20-23-12-6-3-7-13-23)28(35-21-24-14-8-4-9-15-24)29(27,38-40(2,32)33)36-22-25-16-10-5-11-17-25/h3-17,26,28H,18-22H2,1-2H3. The molecule has 1 aliphatic rings. The molecule has 3 aromatic rings. The van der Waals surface area contributed by atoms with E-state index in [9.17, 15) is 16.8 Å². The molecule has 1 aliphatic carbocycles. The summed E-state index contributed by atoms with van der Waals surface area (Å²) >= 11 is 0. The summed E-state index contributed by atoms with van der Waals surface area (Å²) in [6.45, 7) is 0.128. The number of hydrogen-bond acceptors (Lipinski definition) is 9. The lowest BCUT2D eigenvalue weighted by atomic mass is 9.85. The van der Waals surface area contributed by atoms with Gasteiger partial charge >= 0.3 is 0 Å². The molecule has 1 fully saturated rings. The molecule has 0 heterocycles. The van der Waals surface area contributed by atoms with Crippen LogP contribution in [-0.2, 0) is 62.6 Å². The van der Waals surface area contributed by atoms with Gasteiger partial charge < -0.3 is 14.2 Å². The molecule has 40 heavy (non-hydrogen) atoms. The lowest BCUT2D eigenvalue weighted by molar-refractivity contribution is -0.301. The topological polar surface area (TPSA) is 114 Å². The van der Waals surface area contributed by atoms with Gasteiger partial charge in [0.15, 0.2) is 6.10 Å². The van der Waals surface area contributed by atoms with E-state index in [2.05, 4.69) is 0 Å². The molecule has 0 amide bonds. The first-order valence-electron chi connectivity index (χ1n) is 12.7. The van der Waals surface area contributed by atoms with Crippen LogP contribution < -0.4 is 0 Å². The lowest BCUT2D eigenvalue weighted by Gasteiger charge is -2.48. The van der Waals surface area contributed by atoms with E-state index in [1.807, 2.05) is 66.7 Å². The van der Waals surface area contributed by atoms with Gasteiger partial charge in [-0.3, -0.25) is 4.18 Å². The second-order valence-corrected chi connectivity index (χ2v) is 12.7. The monoisotopic (exact) mass is 589 g/mol. The van der Waals surface area contributed by atoms with Crippen molar-refractivity contribution in [2.75, 3.05) is 12.5 Å². The van der Waals surface area contributed by atoms with Crippen molar-refractivity contribution < 1.29 is 39.4 Å². The third kappa shape index (κ3) is 8.68. The highest BCUT2D eigenvalue weighted by Crippen LogP contribution is 2.46. The molecule has 11 heteroatoms. The first-order valence-corrected chi connectivity index (χ1v) is 16.3. The van der Waals surface area contributed by atoms with Crippen LogP contribution in [0.2, 0.25) is 0 Å². The van der Waals surface area contributed by atoms with Crippen LogP contribution in [0.5, 0.6) is 0 Å². The molecule has 4 rings (SSSR count). The molecule has 0 bridgehead atoms. The third-order valence-corrected chi connectivity index (χ3v) is 7.21. The molecule has 3 atom stereocenters. The van der Waals surface area contributed by atoms with E-state index >= 15 is 0 Å². The van der Waals surface area contributed by atoms with Gasteiger partial charge in [-0.15, -0.1) is 0 Å². The zero-order valence-electron chi connectivity index (χ0n) is 22.3. The molecular formula is C29H33O9S2. The minimum atomic E-state index is -4.24. The lowest BCUT2D eigenvalue weighted by Crippen LogP contribution is -2.62. The van der Waals surface area contributed by atoms with E-state index in [0.717, 1.165) is 23.6 Å². The Kier molecular flexibility index (Phi) is 10.1. The normalized spacial score (nSPS) is 22.2. The van der Waals surface area contributed by atoms with E-state index in [0.29, 0.717) is 5.56 Å². The maximum absolute atomic E-state index is 12.7. The van der Waals surface area contributed by atoms with Gasteiger partial charge in [0.1, 0.15) is 6.10 Å². The van der Waals surface area contributed by atoms with Crippen molar-refractivity contribution >= 4 is 20.2 Å². The molecule has 0 N–H and O–H groups in total. The molecule has 215 valence electrons. The molecule has 1 saturated carbocycles. The van der Waals surface area contributed by atoms with Crippen LogP contribution in [0.25, 0.3) is 0 Å². The Labute approximate surface area is 236 Å². The number of hydrogen-bond donors (Lipinski definition) is 0. The van der Waals surface area contributed by atoms with Gasteiger partial charge in [-0.05, 0) is 29.5 Å². The van der Waals surface area contributed by atoms with E-state index < -0.39 is 38.2 Å². The van der Waals surface area contributed by atoms with E-state index in [1.165, 1.54) is 0 Å². The first-order chi connectivity index (χ1) is 19.0. The number of rotatable bonds is 13. The second-order valence-electron chi connectivity index (χ2n) is 9.53. The van der Waals surface area contributed by atoms with Gasteiger partial charge in [0.25, 0.3) is 20.2 Å². The second kappa shape index (κ2) is 13.3. The summed E-state index contributed by atoms with van der Waals surface area (Å²) in [6.07, 6.45) is -0.202. The highest BCUT2D eigenvalue weighted by molar-refractivity contribution is 7.86. The van der Waals surface area contributed by atoms with Crippen molar-refractivity contribution in [3.8, 4) is 0 Å². The van der Waals surface area contributed by atoms with E-state index in [-0.39, 0.29) is 38.8 Å². The van der Waals surface area contributed by atoms with Crippen molar-refractivity contribution in [2.24, 2.45) is 0 Å². The van der Waals surface area contributed by atoms with Gasteiger partial charge in [0.05, 0.1) is 38.4 Å². The average molecular weight is 590 g/mol. The van der Waals surface area contributed by atoms with Crippen LogP contribution in [0.4, 0.5) is 0 Å². The predicted molar refractivity (Wildman–Crippen MR) is 148 cm³/mol. The van der Waals surface area contributed by atoms with E-state index in [4.69, 9.17) is 22.6 Å². The summed E-state index contributed by atoms with van der Waals surface area (Å²) in [4.78, 5) is 0. The first kappa shape index (κ1) is 30.3. The molecular weight excluding hydrogens is 556 g/mol. The van der Waals surface area contributed by atoms with Crippen molar-refractivity contribution in [1.29, 1.82) is 0 Å². The minimum Gasteiger partial charge on any atom is -0.371 e. The number of benzene rings is 3. The molecule has 3 aromatic carbocycles. The summed E-state index contributed by atoms with van der Waals surface area (Å²) in [5, 5.41) is 0. The van der Waals surface area contributed by atoms with Gasteiger partial charge in [-0.2, -0.15) is 16.8 Å². The maximum atomic E-state index is 12.7. The van der Waals surface area contributed by atoms with Crippen LogP contribution in [0.3, 0.4) is 0 Å². The SMILES string of the molecule is CS(=O)(=O)O[C]1CCC(OCc2ccccc2)C(OCc2ccccc2)C1(OCc1ccccc1)OS(C)(=O)=O. The molecule has 0 saturated heterocycles. The molecule has 3 unspecified atom stereocenters. The summed E-state index contributed by atoms with van der Waals surface area (Å²) in [6, 6.07) is 27.7. The Balaban J connectivity index is 1.76. The quantitative estimate of drug-likeness (QED) is 0.212. The summed E-state index contributed by atoms with van der Waals surface area (Å²) in [5.41, 5.74) is 2.40. The highest BCUT2D eigenvalue weighted by atomic mass is 32.2. The van der Waals surface area contributed by atoms with Crippen molar-refractivity contribution in [3.05, 3.63) is 114 Å². The van der Waals surface area contributed by atoms with Crippen LogP contribution in [0, 0.1) is 6.10 Å². The Morgan fingerprint density at radius 2 is 1.15 bits per heavy atom. The van der Waals surface area contributed by atoms with Gasteiger partial charge in [0.2, 0.25) is 5.79 Å². The van der Waals surface area contributed by atoms with Crippen molar-refractivity contribution in [1.82, 2.24) is 0 Å².